The van der Waals surface area contributed by atoms with Crippen LogP contribution in [0.4, 0.5) is 19.0 Å². The highest BCUT2D eigenvalue weighted by Gasteiger charge is 2.34. The van der Waals surface area contributed by atoms with Crippen molar-refractivity contribution in [3.05, 3.63) is 71.4 Å². The van der Waals surface area contributed by atoms with E-state index in [2.05, 4.69) is 15.0 Å². The summed E-state index contributed by atoms with van der Waals surface area (Å²) < 4.78 is 46.6. The van der Waals surface area contributed by atoms with Crippen molar-refractivity contribution in [2.75, 3.05) is 12.4 Å². The number of benzene rings is 2. The number of alkyl halides is 3. The molecule has 0 fully saturated rings. The van der Waals surface area contributed by atoms with E-state index in [-0.39, 0.29) is 18.9 Å². The number of aliphatic hydroxyl groups is 1. The summed E-state index contributed by atoms with van der Waals surface area (Å²) in [5, 5.41) is 22.6. The lowest BCUT2D eigenvalue weighted by molar-refractivity contribution is -0.274. The molecule has 0 aliphatic rings. The Morgan fingerprint density at radius 3 is 2.40 bits per heavy atom. The highest BCUT2D eigenvalue weighted by Crippen LogP contribution is 2.38. The van der Waals surface area contributed by atoms with E-state index >= 15 is 0 Å². The van der Waals surface area contributed by atoms with Gasteiger partial charge in [-0.15, -0.1) is 13.2 Å². The van der Waals surface area contributed by atoms with Crippen molar-refractivity contribution in [2.45, 2.75) is 38.8 Å². The molecule has 0 aliphatic heterocycles. The Kier molecular flexibility index (Phi) is 7.54. The first-order valence-corrected chi connectivity index (χ1v) is 10.5. The maximum absolute atomic E-state index is 12.4. The Labute approximate surface area is 200 Å². The van der Waals surface area contributed by atoms with Gasteiger partial charge in [0.05, 0.1) is 19.1 Å². The van der Waals surface area contributed by atoms with E-state index in [1.54, 1.807) is 50.4 Å². The molecular formula is C25H25F3N2O5. The Hall–Kier alpha value is -3.79. The molecule has 7 nitrogen and oxygen atoms in total. The monoisotopic (exact) mass is 490 g/mol. The van der Waals surface area contributed by atoms with Crippen molar-refractivity contribution in [3.63, 3.8) is 0 Å². The molecule has 3 rings (SSSR count). The van der Waals surface area contributed by atoms with Gasteiger partial charge in [-0.1, -0.05) is 12.1 Å². The number of carbonyl (C=O) groups is 1. The lowest BCUT2D eigenvalue weighted by Gasteiger charge is -2.25. The quantitative estimate of drug-likeness (QED) is 0.383. The number of nitrogens with one attached hydrogen (secondary N) is 1. The number of halogens is 3. The minimum Gasteiger partial charge on any atom is -0.496 e. The largest absolute Gasteiger partial charge is 0.573 e. The predicted octanol–water partition coefficient (Wildman–Crippen LogP) is 5.12. The van der Waals surface area contributed by atoms with Gasteiger partial charge in [-0.3, -0.25) is 4.79 Å². The minimum absolute atomic E-state index is 0.218. The summed E-state index contributed by atoms with van der Waals surface area (Å²) in [4.78, 5) is 16.2. The fourth-order valence-corrected chi connectivity index (χ4v) is 3.51. The van der Waals surface area contributed by atoms with Gasteiger partial charge in [0.2, 0.25) is 0 Å². The van der Waals surface area contributed by atoms with Crippen LogP contribution in [0, 0.1) is 0 Å². The van der Waals surface area contributed by atoms with Crippen LogP contribution in [-0.4, -0.2) is 34.6 Å². The van der Waals surface area contributed by atoms with Crippen molar-refractivity contribution in [1.82, 2.24) is 4.98 Å². The van der Waals surface area contributed by atoms with E-state index in [9.17, 15) is 28.2 Å². The third-order valence-corrected chi connectivity index (χ3v) is 5.45. The number of methoxy groups -OCH3 is 1. The lowest BCUT2D eigenvalue weighted by atomic mass is 9.81. The van der Waals surface area contributed by atoms with Crippen molar-refractivity contribution >= 4 is 11.8 Å². The van der Waals surface area contributed by atoms with E-state index in [1.807, 2.05) is 0 Å². The molecule has 2 aromatic carbocycles. The number of hydrogen-bond donors (Lipinski definition) is 3. The van der Waals surface area contributed by atoms with Crippen molar-refractivity contribution in [3.8, 4) is 22.6 Å². The SMILES string of the molecule is COc1c(CO)cc(-c2ccc(NCc3cccc(OC(F)(F)F)c3)nc2)cc1C(C)(C)C(=O)O. The zero-order valence-electron chi connectivity index (χ0n) is 19.3. The molecule has 0 spiro atoms. The molecule has 3 N–H and O–H groups in total. The van der Waals surface area contributed by atoms with Gasteiger partial charge in [0.1, 0.15) is 17.3 Å². The van der Waals surface area contributed by atoms with Gasteiger partial charge in [0.25, 0.3) is 0 Å². The lowest BCUT2D eigenvalue weighted by Crippen LogP contribution is -2.29. The average Bonchev–Trinajstić information content (AvgIpc) is 2.81. The molecule has 0 amide bonds. The number of aromatic nitrogens is 1. The molecule has 0 aliphatic carbocycles. The number of anilines is 1. The first kappa shape index (κ1) is 25.8. The summed E-state index contributed by atoms with van der Waals surface area (Å²) in [6.07, 6.45) is -3.19. The summed E-state index contributed by atoms with van der Waals surface area (Å²) in [6, 6.07) is 12.5. The number of aliphatic carboxylic acids is 1. The van der Waals surface area contributed by atoms with Gasteiger partial charge in [-0.2, -0.15) is 0 Å². The third kappa shape index (κ3) is 6.21. The van der Waals surface area contributed by atoms with Gasteiger partial charge < -0.3 is 25.0 Å². The molecule has 1 aromatic heterocycles. The number of hydrogen-bond acceptors (Lipinski definition) is 6. The zero-order chi connectivity index (χ0) is 25.8. The second-order valence-electron chi connectivity index (χ2n) is 8.29. The number of nitrogens with zero attached hydrogens (tertiary/aromatic N) is 1. The molecule has 10 heteroatoms. The topological polar surface area (TPSA) is 101 Å². The predicted molar refractivity (Wildman–Crippen MR) is 123 cm³/mol. The third-order valence-electron chi connectivity index (χ3n) is 5.45. The number of ether oxygens (including phenoxy) is 2. The Balaban J connectivity index is 1.83. The van der Waals surface area contributed by atoms with Crippen LogP contribution < -0.4 is 14.8 Å². The van der Waals surface area contributed by atoms with Gasteiger partial charge in [-0.25, -0.2) is 4.98 Å². The average molecular weight is 490 g/mol. The second-order valence-corrected chi connectivity index (χ2v) is 8.29. The smallest absolute Gasteiger partial charge is 0.496 e. The van der Waals surface area contributed by atoms with E-state index in [4.69, 9.17) is 4.74 Å². The highest BCUT2D eigenvalue weighted by atomic mass is 19.4. The van der Waals surface area contributed by atoms with Crippen LogP contribution in [0.1, 0.15) is 30.5 Å². The Morgan fingerprint density at radius 2 is 1.83 bits per heavy atom. The summed E-state index contributed by atoms with van der Waals surface area (Å²) in [6.45, 7) is 2.98. The Morgan fingerprint density at radius 1 is 1.09 bits per heavy atom. The molecule has 3 aromatic rings. The molecular weight excluding hydrogens is 465 g/mol. The maximum Gasteiger partial charge on any atom is 0.573 e. The van der Waals surface area contributed by atoms with Crippen LogP contribution in [0.5, 0.6) is 11.5 Å². The van der Waals surface area contributed by atoms with Crippen LogP contribution in [0.15, 0.2) is 54.7 Å². The first-order chi connectivity index (χ1) is 16.4. The van der Waals surface area contributed by atoms with Crippen LogP contribution >= 0.6 is 0 Å². The summed E-state index contributed by atoms with van der Waals surface area (Å²) in [7, 11) is 1.42. The van der Waals surface area contributed by atoms with Crippen LogP contribution in [0.25, 0.3) is 11.1 Å². The molecule has 0 saturated carbocycles. The second kappa shape index (κ2) is 10.2. The number of rotatable bonds is 9. The first-order valence-electron chi connectivity index (χ1n) is 10.5. The fraction of sp³-hybridized carbons (Fsp3) is 0.280. The summed E-state index contributed by atoms with van der Waals surface area (Å²) in [5.74, 6) is -0.553. The number of carboxylic acids is 1. The van der Waals surface area contributed by atoms with E-state index in [0.29, 0.717) is 39.4 Å². The van der Waals surface area contributed by atoms with Gasteiger partial charge in [0, 0.05) is 29.4 Å². The molecule has 0 unspecified atom stereocenters. The zero-order valence-corrected chi connectivity index (χ0v) is 19.3. The molecule has 0 bridgehead atoms. The minimum atomic E-state index is -4.76. The van der Waals surface area contributed by atoms with E-state index in [0.717, 1.165) is 0 Å². The molecule has 186 valence electrons. The van der Waals surface area contributed by atoms with Crippen molar-refractivity contribution in [2.24, 2.45) is 0 Å². The van der Waals surface area contributed by atoms with Crippen LogP contribution in [0.3, 0.4) is 0 Å². The molecule has 0 saturated heterocycles. The number of aliphatic hydroxyl groups excluding tert-OH is 1. The normalized spacial score (nSPS) is 11.7. The fourth-order valence-electron chi connectivity index (χ4n) is 3.51. The van der Waals surface area contributed by atoms with E-state index in [1.165, 1.54) is 25.3 Å². The van der Waals surface area contributed by atoms with Gasteiger partial charge in [-0.05, 0) is 61.4 Å². The van der Waals surface area contributed by atoms with Crippen molar-refractivity contribution < 1.29 is 37.7 Å². The standard InChI is InChI=1S/C25H25F3N2O5/c1-24(2,23(32)33)20-11-17(10-18(14-31)22(20)34-3)16-7-8-21(30-13-16)29-12-15-5-4-6-19(9-15)35-25(26,27)28/h4-11,13,31H,12,14H2,1-3H3,(H,29,30)(H,32,33). The van der Waals surface area contributed by atoms with Gasteiger partial charge in [0.15, 0.2) is 0 Å². The maximum atomic E-state index is 12.4. The van der Waals surface area contributed by atoms with Crippen molar-refractivity contribution in [1.29, 1.82) is 0 Å². The summed E-state index contributed by atoms with van der Waals surface area (Å²) >= 11 is 0. The van der Waals surface area contributed by atoms with Crippen LogP contribution in [0.2, 0.25) is 0 Å². The highest BCUT2D eigenvalue weighted by molar-refractivity contribution is 5.83. The molecule has 35 heavy (non-hydrogen) atoms. The molecule has 0 radical (unpaired) electrons. The molecule has 1 heterocycles. The van der Waals surface area contributed by atoms with E-state index < -0.39 is 17.7 Å². The Bertz CT molecular complexity index is 1190. The molecule has 0 atom stereocenters. The number of pyridine rings is 1. The van der Waals surface area contributed by atoms with Crippen LogP contribution in [-0.2, 0) is 23.4 Å². The number of carboxylic acid groups (broad SMARTS) is 1. The summed E-state index contributed by atoms with van der Waals surface area (Å²) in [5.41, 5.74) is 1.48. The van der Waals surface area contributed by atoms with Gasteiger partial charge >= 0.3 is 12.3 Å².